The maximum atomic E-state index is 11.6. The number of H-pyrrole nitrogens is 1. The van der Waals surface area contributed by atoms with Gasteiger partial charge in [0, 0.05) is 18.5 Å². The van der Waals surface area contributed by atoms with Gasteiger partial charge in [0.25, 0.3) is 0 Å². The summed E-state index contributed by atoms with van der Waals surface area (Å²) in [7, 11) is 0. The number of hydrogen-bond donors (Lipinski definition) is 2. The zero-order chi connectivity index (χ0) is 14.7. The molecule has 0 spiro atoms. The fourth-order valence-corrected chi connectivity index (χ4v) is 2.55. The summed E-state index contributed by atoms with van der Waals surface area (Å²) < 4.78 is 1.60. The largest absolute Gasteiger partial charge is 0.384 e. The summed E-state index contributed by atoms with van der Waals surface area (Å²) in [4.78, 5) is 20.3. The standard InChI is InChI=1S/C12H18N6OS/c1-4-5-18-11(19)16-17-12(18)20-9-6-8(13)14-10(15-9)7(2)3/h6-7H,4-5H2,1-3H3,(H,16,19)(H2,13,14,15). The van der Waals surface area contributed by atoms with Gasteiger partial charge in [0.05, 0.1) is 0 Å². The van der Waals surface area contributed by atoms with Crippen molar-refractivity contribution in [2.75, 3.05) is 5.73 Å². The third-order valence-corrected chi connectivity index (χ3v) is 3.53. The van der Waals surface area contributed by atoms with Gasteiger partial charge in [-0.2, -0.15) is 0 Å². The first kappa shape index (κ1) is 14.6. The van der Waals surface area contributed by atoms with Crippen molar-refractivity contribution in [3.05, 3.63) is 22.4 Å². The van der Waals surface area contributed by atoms with Crippen LogP contribution in [-0.2, 0) is 6.54 Å². The molecule has 0 aliphatic carbocycles. The highest BCUT2D eigenvalue weighted by Crippen LogP contribution is 2.25. The van der Waals surface area contributed by atoms with Gasteiger partial charge in [-0.25, -0.2) is 19.9 Å². The van der Waals surface area contributed by atoms with Gasteiger partial charge in [0.1, 0.15) is 16.7 Å². The molecule has 0 atom stereocenters. The van der Waals surface area contributed by atoms with Gasteiger partial charge >= 0.3 is 5.69 Å². The smallest absolute Gasteiger partial charge is 0.343 e. The van der Waals surface area contributed by atoms with Crippen molar-refractivity contribution >= 4 is 17.6 Å². The number of nitrogens with zero attached hydrogens (tertiary/aromatic N) is 4. The normalized spacial score (nSPS) is 11.2. The van der Waals surface area contributed by atoms with Crippen LogP contribution in [0.1, 0.15) is 38.9 Å². The number of rotatable bonds is 5. The number of aromatic nitrogens is 5. The SMILES string of the molecule is CCCn1c(Sc2cc(N)nc(C(C)C)n2)n[nH]c1=O. The summed E-state index contributed by atoms with van der Waals surface area (Å²) in [5.74, 6) is 1.30. The molecular weight excluding hydrogens is 276 g/mol. The Bertz CT molecular complexity index is 648. The molecule has 0 amide bonds. The van der Waals surface area contributed by atoms with E-state index in [4.69, 9.17) is 5.73 Å². The van der Waals surface area contributed by atoms with Gasteiger partial charge in [0.15, 0.2) is 5.16 Å². The summed E-state index contributed by atoms with van der Waals surface area (Å²) >= 11 is 1.31. The third kappa shape index (κ3) is 3.19. The summed E-state index contributed by atoms with van der Waals surface area (Å²) in [5.41, 5.74) is 5.58. The van der Waals surface area contributed by atoms with E-state index < -0.39 is 0 Å². The third-order valence-electron chi connectivity index (χ3n) is 2.62. The number of aromatic amines is 1. The lowest BCUT2D eigenvalue weighted by Gasteiger charge is -2.08. The molecule has 2 aromatic rings. The van der Waals surface area contributed by atoms with E-state index in [2.05, 4.69) is 20.2 Å². The fraction of sp³-hybridized carbons (Fsp3) is 0.500. The molecule has 0 unspecified atom stereocenters. The van der Waals surface area contributed by atoms with E-state index >= 15 is 0 Å². The van der Waals surface area contributed by atoms with Crippen LogP contribution >= 0.6 is 11.8 Å². The predicted molar refractivity (Wildman–Crippen MR) is 77.8 cm³/mol. The Labute approximate surface area is 121 Å². The van der Waals surface area contributed by atoms with Crippen molar-refractivity contribution in [1.82, 2.24) is 24.7 Å². The first-order valence-electron chi connectivity index (χ1n) is 6.48. The van der Waals surface area contributed by atoms with Gasteiger partial charge in [-0.15, -0.1) is 5.10 Å². The number of nitrogens with two attached hydrogens (primary N) is 1. The molecule has 7 nitrogen and oxygen atoms in total. The second-order valence-corrected chi connectivity index (χ2v) is 5.70. The maximum Gasteiger partial charge on any atom is 0.343 e. The monoisotopic (exact) mass is 294 g/mol. The Kier molecular flexibility index (Phi) is 4.43. The van der Waals surface area contributed by atoms with Gasteiger partial charge in [0.2, 0.25) is 0 Å². The molecule has 8 heteroatoms. The van der Waals surface area contributed by atoms with E-state index in [1.807, 2.05) is 20.8 Å². The van der Waals surface area contributed by atoms with Crippen LogP contribution in [0.15, 0.2) is 21.0 Å². The van der Waals surface area contributed by atoms with Crippen molar-refractivity contribution in [1.29, 1.82) is 0 Å². The molecule has 0 aliphatic rings. The molecule has 108 valence electrons. The zero-order valence-electron chi connectivity index (χ0n) is 11.8. The van der Waals surface area contributed by atoms with E-state index in [1.54, 1.807) is 10.6 Å². The summed E-state index contributed by atoms with van der Waals surface area (Å²) in [6, 6.07) is 1.69. The Morgan fingerprint density at radius 2 is 2.20 bits per heavy atom. The highest BCUT2D eigenvalue weighted by Gasteiger charge is 2.13. The lowest BCUT2D eigenvalue weighted by atomic mass is 10.2. The molecule has 3 N–H and O–H groups in total. The molecule has 2 aromatic heterocycles. The fourth-order valence-electron chi connectivity index (χ4n) is 1.67. The zero-order valence-corrected chi connectivity index (χ0v) is 12.6. The molecule has 0 radical (unpaired) electrons. The quantitative estimate of drug-likeness (QED) is 0.812. The van der Waals surface area contributed by atoms with E-state index in [0.717, 1.165) is 6.42 Å². The number of anilines is 1. The van der Waals surface area contributed by atoms with Crippen molar-refractivity contribution in [3.8, 4) is 0 Å². The molecule has 0 bridgehead atoms. The molecule has 2 heterocycles. The van der Waals surface area contributed by atoms with E-state index in [0.29, 0.717) is 28.4 Å². The highest BCUT2D eigenvalue weighted by atomic mass is 32.2. The van der Waals surface area contributed by atoms with Crippen LogP contribution in [0.25, 0.3) is 0 Å². The second kappa shape index (κ2) is 6.08. The van der Waals surface area contributed by atoms with Crippen LogP contribution in [0.3, 0.4) is 0 Å². The van der Waals surface area contributed by atoms with Crippen LogP contribution in [0.2, 0.25) is 0 Å². The van der Waals surface area contributed by atoms with Crippen molar-refractivity contribution in [2.24, 2.45) is 0 Å². The van der Waals surface area contributed by atoms with Crippen molar-refractivity contribution < 1.29 is 0 Å². The van der Waals surface area contributed by atoms with Gasteiger partial charge in [-0.3, -0.25) is 4.57 Å². The second-order valence-electron chi connectivity index (χ2n) is 4.71. The molecule has 0 fully saturated rings. The first-order valence-corrected chi connectivity index (χ1v) is 7.30. The van der Waals surface area contributed by atoms with Crippen LogP contribution in [0, 0.1) is 0 Å². The van der Waals surface area contributed by atoms with Gasteiger partial charge < -0.3 is 5.73 Å². The lowest BCUT2D eigenvalue weighted by molar-refractivity contribution is 0.603. The average molecular weight is 294 g/mol. The summed E-state index contributed by atoms with van der Waals surface area (Å²) in [5, 5.41) is 7.76. The molecule has 2 rings (SSSR count). The minimum absolute atomic E-state index is 0.190. The Morgan fingerprint density at radius 1 is 1.45 bits per heavy atom. The minimum atomic E-state index is -0.208. The van der Waals surface area contributed by atoms with E-state index in [-0.39, 0.29) is 11.6 Å². The summed E-state index contributed by atoms with van der Waals surface area (Å²) in [6.45, 7) is 6.64. The maximum absolute atomic E-state index is 11.6. The Balaban J connectivity index is 2.32. The molecular formula is C12H18N6OS. The summed E-state index contributed by atoms with van der Waals surface area (Å²) in [6.07, 6.45) is 0.857. The van der Waals surface area contributed by atoms with Gasteiger partial charge in [-0.05, 0) is 18.2 Å². The van der Waals surface area contributed by atoms with Crippen LogP contribution in [-0.4, -0.2) is 24.7 Å². The number of hydrogen-bond acceptors (Lipinski definition) is 6. The van der Waals surface area contributed by atoms with Crippen LogP contribution in [0.5, 0.6) is 0 Å². The van der Waals surface area contributed by atoms with E-state index in [1.165, 1.54) is 11.8 Å². The first-order chi connectivity index (χ1) is 9.51. The average Bonchev–Trinajstić information content (AvgIpc) is 2.71. The predicted octanol–water partition coefficient (Wildman–Crippen LogP) is 1.63. The Morgan fingerprint density at radius 3 is 2.85 bits per heavy atom. The van der Waals surface area contributed by atoms with Gasteiger partial charge in [-0.1, -0.05) is 20.8 Å². The topological polar surface area (TPSA) is 102 Å². The van der Waals surface area contributed by atoms with E-state index in [9.17, 15) is 4.79 Å². The molecule has 0 aromatic carbocycles. The van der Waals surface area contributed by atoms with Crippen LogP contribution in [0.4, 0.5) is 5.82 Å². The molecule has 20 heavy (non-hydrogen) atoms. The van der Waals surface area contributed by atoms with Crippen molar-refractivity contribution in [2.45, 2.75) is 49.8 Å². The lowest BCUT2D eigenvalue weighted by Crippen LogP contribution is -2.17. The number of nitrogens with one attached hydrogen (secondary N) is 1. The minimum Gasteiger partial charge on any atom is -0.384 e. The van der Waals surface area contributed by atoms with Crippen LogP contribution < -0.4 is 11.4 Å². The highest BCUT2D eigenvalue weighted by molar-refractivity contribution is 7.99. The molecule has 0 saturated heterocycles. The molecule has 0 aliphatic heterocycles. The Hall–Kier alpha value is -1.83. The molecule has 0 saturated carbocycles. The van der Waals surface area contributed by atoms with Crippen molar-refractivity contribution in [3.63, 3.8) is 0 Å². The number of nitrogen functional groups attached to an aromatic ring is 1.